The number of hydrogen-bond acceptors (Lipinski definition) is 7. The van der Waals surface area contributed by atoms with Crippen molar-refractivity contribution in [2.75, 3.05) is 11.9 Å². The highest BCUT2D eigenvalue weighted by Gasteiger charge is 2.39. The molecule has 0 aliphatic heterocycles. The Morgan fingerprint density at radius 1 is 1.00 bits per heavy atom. The van der Waals surface area contributed by atoms with Gasteiger partial charge >= 0.3 is 24.3 Å². The van der Waals surface area contributed by atoms with E-state index in [4.69, 9.17) is 31.3 Å². The molecule has 0 spiro atoms. The average molecular weight is 626 g/mol. The van der Waals surface area contributed by atoms with Gasteiger partial charge in [0, 0.05) is 11.9 Å². The maximum absolute atomic E-state index is 12.6. The normalized spacial score (nSPS) is 16.6. The molecule has 3 rings (SSSR count). The zero-order valence-electron chi connectivity index (χ0n) is 23.4. The van der Waals surface area contributed by atoms with Gasteiger partial charge in [-0.1, -0.05) is 38.3 Å². The number of aliphatic carboxylic acids is 2. The first kappa shape index (κ1) is 36.6. The van der Waals surface area contributed by atoms with Crippen LogP contribution >= 0.6 is 0 Å². The lowest BCUT2D eigenvalue weighted by Crippen LogP contribution is -2.38. The van der Waals surface area contributed by atoms with E-state index in [1.807, 2.05) is 39.0 Å². The highest BCUT2D eigenvalue weighted by atomic mass is 19.4. The number of nitrogens with one attached hydrogen (secondary N) is 2. The molecule has 2 aromatic rings. The lowest BCUT2D eigenvalue weighted by atomic mass is 9.90. The zero-order chi connectivity index (χ0) is 33.1. The number of benzene rings is 1. The number of hydrogen-bond donors (Lipinski definition) is 6. The topological polar surface area (TPSA) is 206 Å². The lowest BCUT2D eigenvalue weighted by molar-refractivity contribution is -0.193. The largest absolute Gasteiger partial charge is 0.490 e. The number of carboxylic acid groups (broad SMARTS) is 2. The smallest absolute Gasteiger partial charge is 0.475 e. The summed E-state index contributed by atoms with van der Waals surface area (Å²) in [6.07, 6.45) is -6.13. The van der Waals surface area contributed by atoms with Crippen LogP contribution in [0.4, 0.5) is 32.2 Å². The summed E-state index contributed by atoms with van der Waals surface area (Å²) in [5.74, 6) is -4.52. The van der Waals surface area contributed by atoms with E-state index < -0.39 is 24.3 Å². The van der Waals surface area contributed by atoms with Crippen molar-refractivity contribution < 1.29 is 50.9 Å². The van der Waals surface area contributed by atoms with Gasteiger partial charge < -0.3 is 32.3 Å². The molecule has 1 aliphatic carbocycles. The molecule has 1 heterocycles. The molecule has 0 bridgehead atoms. The van der Waals surface area contributed by atoms with E-state index in [-0.39, 0.29) is 29.8 Å². The predicted molar refractivity (Wildman–Crippen MR) is 144 cm³/mol. The maximum Gasteiger partial charge on any atom is 0.490 e. The van der Waals surface area contributed by atoms with Crippen LogP contribution in [0.3, 0.4) is 0 Å². The van der Waals surface area contributed by atoms with Gasteiger partial charge in [-0.05, 0) is 37.8 Å². The Morgan fingerprint density at radius 3 is 2.02 bits per heavy atom. The van der Waals surface area contributed by atoms with Gasteiger partial charge in [-0.25, -0.2) is 24.5 Å². The van der Waals surface area contributed by atoms with Crippen LogP contribution in [-0.4, -0.2) is 75.0 Å². The maximum atomic E-state index is 12.6. The number of anilines is 1. The number of carbonyl (C=O) groups excluding carboxylic acids is 1. The molecule has 1 aliphatic rings. The number of carbonyl (C=O) groups is 3. The Morgan fingerprint density at radius 2 is 1.53 bits per heavy atom. The summed E-state index contributed by atoms with van der Waals surface area (Å²) < 4.78 is 63.5. The molecule has 43 heavy (non-hydrogen) atoms. The SMILES string of the molecule is Cc1ccc2nc(C(=O)NCC(C)C)nc(NC3CCCCC3N=C(N)N)c2c1.O=C(O)C(F)(F)F.O=C(O)C(F)(F)F. The van der Waals surface area contributed by atoms with Crippen LogP contribution in [0.1, 0.15) is 55.7 Å². The number of nitrogens with two attached hydrogens (primary N) is 2. The number of aromatic nitrogens is 2. The van der Waals surface area contributed by atoms with Crippen molar-refractivity contribution in [3.8, 4) is 0 Å². The van der Waals surface area contributed by atoms with Crippen molar-refractivity contribution in [2.45, 2.75) is 70.9 Å². The first-order valence-corrected chi connectivity index (χ1v) is 12.7. The summed E-state index contributed by atoms with van der Waals surface area (Å²) in [5.41, 5.74) is 13.1. The number of alkyl halides is 6. The molecule has 18 heteroatoms. The van der Waals surface area contributed by atoms with E-state index >= 15 is 0 Å². The molecule has 1 aromatic heterocycles. The van der Waals surface area contributed by atoms with E-state index in [0.717, 1.165) is 42.1 Å². The van der Waals surface area contributed by atoms with Crippen molar-refractivity contribution in [3.05, 3.63) is 29.6 Å². The molecule has 2 unspecified atom stereocenters. The van der Waals surface area contributed by atoms with Gasteiger partial charge in [0.1, 0.15) is 5.82 Å². The quantitative estimate of drug-likeness (QED) is 0.156. The third-order valence-electron chi connectivity index (χ3n) is 5.58. The molecular formula is C25H33F6N7O5. The van der Waals surface area contributed by atoms with E-state index in [1.165, 1.54) is 0 Å². The molecule has 2 atom stereocenters. The number of rotatable bonds is 6. The Bertz CT molecular complexity index is 1270. The van der Waals surface area contributed by atoms with Gasteiger partial charge in [-0.2, -0.15) is 26.3 Å². The number of aliphatic imine (C=N–C) groups is 1. The third kappa shape index (κ3) is 13.0. The Balaban J connectivity index is 0.000000548. The number of fused-ring (bicyclic) bond motifs is 1. The van der Waals surface area contributed by atoms with Crippen molar-refractivity contribution in [1.29, 1.82) is 0 Å². The van der Waals surface area contributed by atoms with Gasteiger partial charge in [0.05, 0.1) is 17.6 Å². The van der Waals surface area contributed by atoms with E-state index in [9.17, 15) is 31.1 Å². The summed E-state index contributed by atoms with van der Waals surface area (Å²) in [4.78, 5) is 43.9. The summed E-state index contributed by atoms with van der Waals surface area (Å²) in [6.45, 7) is 6.69. The van der Waals surface area contributed by atoms with E-state index in [1.54, 1.807) is 0 Å². The standard InChI is InChI=1S/C21H31N7O.2C2HF3O2/c1-12(2)11-24-20(29)19-25-15-9-8-13(3)10-14(15)18(28-19)26-16-6-4-5-7-17(16)27-21(22)23;2*3-2(4,5)1(6)7/h8-10,12,16-17H,4-7,11H2,1-3H3,(H,24,29)(H4,22,23,27)(H,25,26,28);2*(H,6,7). The van der Waals surface area contributed by atoms with Crippen LogP contribution in [0.25, 0.3) is 10.9 Å². The number of amides is 1. The van der Waals surface area contributed by atoms with Gasteiger partial charge in [0.25, 0.3) is 5.91 Å². The van der Waals surface area contributed by atoms with Crippen LogP contribution < -0.4 is 22.1 Å². The molecule has 1 amide bonds. The molecule has 0 saturated heterocycles. The second-order valence-corrected chi connectivity index (χ2v) is 9.78. The Hall–Kier alpha value is -4.38. The summed E-state index contributed by atoms with van der Waals surface area (Å²) in [5, 5.41) is 21.5. The minimum absolute atomic E-state index is 0.0122. The fourth-order valence-corrected chi connectivity index (χ4v) is 3.63. The van der Waals surface area contributed by atoms with Gasteiger partial charge in [0.2, 0.25) is 5.82 Å². The predicted octanol–water partition coefficient (Wildman–Crippen LogP) is 3.59. The molecule has 8 N–H and O–H groups in total. The summed E-state index contributed by atoms with van der Waals surface area (Å²) in [6, 6.07) is 5.98. The van der Waals surface area contributed by atoms with Gasteiger partial charge in [-0.3, -0.25) is 4.79 Å². The van der Waals surface area contributed by atoms with E-state index in [2.05, 4.69) is 25.6 Å². The van der Waals surface area contributed by atoms with Crippen molar-refractivity contribution in [1.82, 2.24) is 15.3 Å². The fraction of sp³-hybridized carbons (Fsp3) is 0.520. The van der Waals surface area contributed by atoms with Crippen molar-refractivity contribution in [2.24, 2.45) is 22.4 Å². The molecule has 1 aromatic carbocycles. The number of aryl methyl sites for hydroxylation is 1. The lowest BCUT2D eigenvalue weighted by Gasteiger charge is -2.30. The number of halogens is 6. The molecule has 1 fully saturated rings. The molecule has 1 saturated carbocycles. The van der Waals surface area contributed by atoms with Crippen molar-refractivity contribution in [3.63, 3.8) is 0 Å². The second-order valence-electron chi connectivity index (χ2n) is 9.78. The molecule has 12 nitrogen and oxygen atoms in total. The zero-order valence-corrected chi connectivity index (χ0v) is 23.4. The molecule has 240 valence electrons. The van der Waals surface area contributed by atoms with E-state index in [0.29, 0.717) is 18.3 Å². The van der Waals surface area contributed by atoms with Crippen molar-refractivity contribution >= 4 is 40.5 Å². The van der Waals surface area contributed by atoms with Crippen LogP contribution in [0.5, 0.6) is 0 Å². The molecular weight excluding hydrogens is 592 g/mol. The van der Waals surface area contributed by atoms with Gasteiger partial charge in [0.15, 0.2) is 5.96 Å². The van der Waals surface area contributed by atoms with Crippen LogP contribution in [-0.2, 0) is 9.59 Å². The second kappa shape index (κ2) is 15.7. The minimum Gasteiger partial charge on any atom is -0.475 e. The van der Waals surface area contributed by atoms with Crippen LogP contribution in [0.2, 0.25) is 0 Å². The Kier molecular flexibility index (Phi) is 13.4. The molecule has 0 radical (unpaired) electrons. The summed E-state index contributed by atoms with van der Waals surface area (Å²) in [7, 11) is 0. The number of nitrogens with zero attached hydrogens (tertiary/aromatic N) is 3. The third-order valence-corrected chi connectivity index (χ3v) is 5.58. The minimum atomic E-state index is -5.08. The number of guanidine groups is 1. The van der Waals surface area contributed by atoms with Crippen LogP contribution in [0, 0.1) is 12.8 Å². The summed E-state index contributed by atoms with van der Waals surface area (Å²) >= 11 is 0. The van der Waals surface area contributed by atoms with Crippen LogP contribution in [0.15, 0.2) is 23.2 Å². The first-order chi connectivity index (χ1) is 19.7. The number of carboxylic acids is 2. The first-order valence-electron chi connectivity index (χ1n) is 12.7. The van der Waals surface area contributed by atoms with Gasteiger partial charge in [-0.15, -0.1) is 0 Å². The monoisotopic (exact) mass is 625 g/mol. The highest BCUT2D eigenvalue weighted by Crippen LogP contribution is 2.28. The highest BCUT2D eigenvalue weighted by molar-refractivity contribution is 5.96. The fourth-order valence-electron chi connectivity index (χ4n) is 3.63. The average Bonchev–Trinajstić information content (AvgIpc) is 2.87. The Labute approximate surface area is 242 Å².